The van der Waals surface area contributed by atoms with E-state index in [0.29, 0.717) is 42.9 Å². The van der Waals surface area contributed by atoms with Crippen LogP contribution in [0.5, 0.6) is 0 Å². The molecule has 284 valence electrons. The van der Waals surface area contributed by atoms with Crippen LogP contribution in [0.4, 0.5) is 4.79 Å². The summed E-state index contributed by atoms with van der Waals surface area (Å²) in [5.74, 6) is -0.386. The number of aliphatic hydroxyl groups excluding tert-OH is 1. The molecule has 1 aliphatic rings. The van der Waals surface area contributed by atoms with E-state index in [1.165, 1.54) is 23.6 Å². The highest BCUT2D eigenvalue weighted by Gasteiger charge is 2.31. The number of hydrogen-bond donors (Lipinski definition) is 7. The van der Waals surface area contributed by atoms with Gasteiger partial charge in [0.25, 0.3) is 0 Å². The molecule has 0 bridgehead atoms. The maximum absolute atomic E-state index is 13.8. The molecule has 5 atom stereocenters. The number of urea groups is 1. The van der Waals surface area contributed by atoms with Crippen molar-refractivity contribution in [1.82, 2.24) is 25.7 Å². The Morgan fingerprint density at radius 3 is 2.50 bits per heavy atom. The van der Waals surface area contributed by atoms with Gasteiger partial charge in [0.05, 0.1) is 35.0 Å². The van der Waals surface area contributed by atoms with Crippen molar-refractivity contribution in [3.63, 3.8) is 0 Å². The molecule has 1 aromatic heterocycles. The van der Waals surface area contributed by atoms with Gasteiger partial charge in [0.2, 0.25) is 15.9 Å². The van der Waals surface area contributed by atoms with Crippen LogP contribution in [-0.2, 0) is 34.1 Å². The van der Waals surface area contributed by atoms with E-state index in [9.17, 15) is 23.1 Å². The van der Waals surface area contributed by atoms with Crippen molar-refractivity contribution in [2.24, 2.45) is 22.7 Å². The van der Waals surface area contributed by atoms with Gasteiger partial charge in [-0.2, -0.15) is 0 Å². The first kappa shape index (κ1) is 40.9. The SMILES string of the molecule is CC[C@H](C)[C@H](NC(=O)NCCc1csc([C@H](C)N)n1)C(=O)N[C@@H](Cc1ccccc1)[C@H](O)CNS(=O)(=O)c1ccc(/C=N/O)cc1CC1CCCC1. The number of amides is 3. The van der Waals surface area contributed by atoms with Crippen LogP contribution in [0.1, 0.15) is 86.3 Å². The van der Waals surface area contributed by atoms with Gasteiger partial charge in [-0.05, 0) is 60.4 Å². The van der Waals surface area contributed by atoms with E-state index in [2.05, 4.69) is 30.8 Å². The van der Waals surface area contributed by atoms with Gasteiger partial charge in [-0.15, -0.1) is 11.3 Å². The van der Waals surface area contributed by atoms with Crippen LogP contribution < -0.4 is 26.4 Å². The number of nitrogens with zero attached hydrogens (tertiary/aromatic N) is 2. The number of aliphatic hydroxyl groups is 1. The summed E-state index contributed by atoms with van der Waals surface area (Å²) in [6.45, 7) is 5.57. The predicted octanol–water partition coefficient (Wildman–Crippen LogP) is 4.03. The first-order chi connectivity index (χ1) is 24.9. The van der Waals surface area contributed by atoms with Crippen LogP contribution in [0.25, 0.3) is 0 Å². The fourth-order valence-electron chi connectivity index (χ4n) is 6.38. The monoisotopic (exact) mass is 755 g/mol. The minimum atomic E-state index is -4.08. The maximum Gasteiger partial charge on any atom is 0.315 e. The second kappa shape index (κ2) is 19.8. The molecule has 0 spiro atoms. The van der Waals surface area contributed by atoms with Crippen LogP contribution in [0.15, 0.2) is 64.0 Å². The van der Waals surface area contributed by atoms with Crippen molar-refractivity contribution in [3.05, 3.63) is 81.3 Å². The minimum absolute atomic E-state index is 0.0986. The molecule has 0 aliphatic heterocycles. The molecule has 0 unspecified atom stereocenters. The lowest BCUT2D eigenvalue weighted by atomic mass is 9.96. The zero-order chi connectivity index (χ0) is 37.7. The first-order valence-corrected chi connectivity index (χ1v) is 20.3. The smallest absolute Gasteiger partial charge is 0.315 e. The number of thiazole rings is 1. The third-order valence-corrected chi connectivity index (χ3v) is 12.2. The Morgan fingerprint density at radius 2 is 1.85 bits per heavy atom. The quantitative estimate of drug-likeness (QED) is 0.0539. The van der Waals surface area contributed by atoms with Crippen molar-refractivity contribution in [3.8, 4) is 0 Å². The van der Waals surface area contributed by atoms with Crippen LogP contribution >= 0.6 is 11.3 Å². The Bertz CT molecular complexity index is 1730. The third kappa shape index (κ3) is 12.1. The molecule has 1 aliphatic carbocycles. The number of carbonyl (C=O) groups is 2. The van der Waals surface area contributed by atoms with Gasteiger partial charge in [0.15, 0.2) is 0 Å². The number of rotatable bonds is 19. The molecule has 1 fully saturated rings. The van der Waals surface area contributed by atoms with E-state index in [-0.39, 0.29) is 29.8 Å². The van der Waals surface area contributed by atoms with Crippen molar-refractivity contribution < 1.29 is 28.3 Å². The molecule has 1 heterocycles. The summed E-state index contributed by atoms with van der Waals surface area (Å²) in [7, 11) is -4.08. The average molecular weight is 756 g/mol. The van der Waals surface area contributed by atoms with E-state index in [0.717, 1.165) is 41.9 Å². The van der Waals surface area contributed by atoms with Gasteiger partial charge >= 0.3 is 6.03 Å². The summed E-state index contributed by atoms with van der Waals surface area (Å²) in [6.07, 6.45) is 6.05. The molecule has 15 heteroatoms. The summed E-state index contributed by atoms with van der Waals surface area (Å²) >= 11 is 1.47. The van der Waals surface area contributed by atoms with Crippen molar-refractivity contribution >= 4 is 39.5 Å². The van der Waals surface area contributed by atoms with Gasteiger partial charge in [0, 0.05) is 24.9 Å². The van der Waals surface area contributed by atoms with E-state index < -0.39 is 40.1 Å². The molecular weight excluding hydrogens is 703 g/mol. The molecular formula is C37H53N7O6S2. The summed E-state index contributed by atoms with van der Waals surface area (Å²) in [5.41, 5.74) is 8.74. The van der Waals surface area contributed by atoms with Gasteiger partial charge in [-0.1, -0.05) is 87.5 Å². The van der Waals surface area contributed by atoms with Gasteiger partial charge in [0.1, 0.15) is 11.0 Å². The lowest BCUT2D eigenvalue weighted by Gasteiger charge is -2.29. The minimum Gasteiger partial charge on any atom is -0.411 e. The highest BCUT2D eigenvalue weighted by Crippen LogP contribution is 2.30. The summed E-state index contributed by atoms with van der Waals surface area (Å²) in [4.78, 5) is 31.3. The number of aromatic nitrogens is 1. The summed E-state index contributed by atoms with van der Waals surface area (Å²) in [6, 6.07) is 11.5. The number of hydrogen-bond acceptors (Lipinski definition) is 10. The normalized spacial score (nSPS) is 16.6. The topological polar surface area (TPSA) is 208 Å². The average Bonchev–Trinajstić information content (AvgIpc) is 3.82. The van der Waals surface area contributed by atoms with Crippen molar-refractivity contribution in [2.75, 3.05) is 13.1 Å². The standard InChI is InChI=1S/C37H53N7O6S2/c1-4-24(2)34(44-37(47)39-17-16-30-23-51-36(42-30)25(3)38)35(46)43-31(20-27-10-6-5-7-11-27)32(45)22-41-52(49,50)33-15-14-28(21-40-48)19-29(33)18-26-12-8-9-13-26/h5-7,10-11,14-15,19,21,23-26,31-32,34,41,45,48H,4,8-9,12-13,16-18,20,22,38H2,1-3H3,(H,43,46)(H2,39,44,47)/b40-21+/t24-,25-,31-,32+,34-/m0/s1. The molecule has 8 N–H and O–H groups in total. The second-order valence-electron chi connectivity index (χ2n) is 13.7. The van der Waals surface area contributed by atoms with Gasteiger partial charge in [-0.25, -0.2) is 22.9 Å². The van der Waals surface area contributed by atoms with Crippen LogP contribution in [-0.4, -0.2) is 73.1 Å². The molecule has 3 amide bonds. The Balaban J connectivity index is 1.45. The fraction of sp³-hybridized carbons (Fsp3) is 0.514. The van der Waals surface area contributed by atoms with Crippen molar-refractivity contribution in [1.29, 1.82) is 0 Å². The Hall–Kier alpha value is -3.89. The maximum atomic E-state index is 13.8. The number of sulfonamides is 1. The van der Waals surface area contributed by atoms with Crippen molar-refractivity contribution in [2.45, 2.75) is 101 Å². The van der Waals surface area contributed by atoms with Crippen LogP contribution in [0.3, 0.4) is 0 Å². The molecule has 0 saturated heterocycles. The van der Waals surface area contributed by atoms with E-state index in [4.69, 9.17) is 10.9 Å². The summed E-state index contributed by atoms with van der Waals surface area (Å²) in [5, 5.41) is 34.8. The molecule has 4 rings (SSSR count). The largest absolute Gasteiger partial charge is 0.411 e. The van der Waals surface area contributed by atoms with Crippen LogP contribution in [0.2, 0.25) is 0 Å². The Kier molecular flexibility index (Phi) is 15.6. The number of nitrogens with one attached hydrogen (secondary N) is 4. The van der Waals surface area contributed by atoms with E-state index >= 15 is 0 Å². The first-order valence-electron chi connectivity index (χ1n) is 18.0. The lowest BCUT2D eigenvalue weighted by Crippen LogP contribution is -2.58. The number of oxime groups is 1. The number of carbonyl (C=O) groups excluding carboxylic acids is 2. The molecule has 2 aromatic carbocycles. The number of benzene rings is 2. The third-order valence-electron chi connectivity index (χ3n) is 9.55. The highest BCUT2D eigenvalue weighted by molar-refractivity contribution is 7.89. The second-order valence-corrected chi connectivity index (χ2v) is 16.3. The Labute approximate surface area is 310 Å². The van der Waals surface area contributed by atoms with Gasteiger partial charge < -0.3 is 32.0 Å². The molecule has 0 radical (unpaired) electrons. The predicted molar refractivity (Wildman–Crippen MR) is 203 cm³/mol. The lowest BCUT2D eigenvalue weighted by molar-refractivity contribution is -0.125. The zero-order valence-corrected chi connectivity index (χ0v) is 31.8. The fourth-order valence-corrected chi connectivity index (χ4v) is 8.47. The molecule has 13 nitrogen and oxygen atoms in total. The zero-order valence-electron chi connectivity index (χ0n) is 30.1. The van der Waals surface area contributed by atoms with E-state index in [1.807, 2.05) is 56.5 Å². The van der Waals surface area contributed by atoms with Gasteiger partial charge in [-0.3, -0.25) is 4.79 Å². The molecule has 3 aromatic rings. The molecule has 52 heavy (non-hydrogen) atoms. The number of nitrogens with two attached hydrogens (primary N) is 1. The van der Waals surface area contributed by atoms with Crippen LogP contribution in [0, 0.1) is 11.8 Å². The summed E-state index contributed by atoms with van der Waals surface area (Å²) < 4.78 is 30.0. The molecule has 1 saturated carbocycles. The van der Waals surface area contributed by atoms with E-state index in [1.54, 1.807) is 12.1 Å². The highest BCUT2D eigenvalue weighted by atomic mass is 32.2. The Morgan fingerprint density at radius 1 is 1.12 bits per heavy atom.